The summed E-state index contributed by atoms with van der Waals surface area (Å²) in [5.74, 6) is 1.18. The van der Waals surface area contributed by atoms with E-state index >= 15 is 0 Å². The fourth-order valence-corrected chi connectivity index (χ4v) is 1.78. The Bertz CT molecular complexity index is 379. The molecule has 1 aromatic heterocycles. The van der Waals surface area contributed by atoms with Crippen molar-refractivity contribution in [2.45, 2.75) is 6.42 Å². The zero-order valence-electron chi connectivity index (χ0n) is 8.85. The summed E-state index contributed by atoms with van der Waals surface area (Å²) in [4.78, 5) is 8.54. The van der Waals surface area contributed by atoms with Crippen molar-refractivity contribution >= 4 is 23.0 Å². The number of anilines is 1. The van der Waals surface area contributed by atoms with Crippen LogP contribution in [0.5, 0.6) is 0 Å². The van der Waals surface area contributed by atoms with Gasteiger partial charge in [-0.05, 0) is 6.42 Å². The molecule has 1 atom stereocenters. The van der Waals surface area contributed by atoms with Crippen LogP contribution in [0.15, 0.2) is 12.4 Å². The van der Waals surface area contributed by atoms with Crippen molar-refractivity contribution in [2.24, 2.45) is 11.7 Å². The lowest BCUT2D eigenvalue weighted by Gasteiger charge is -2.11. The molecule has 1 aliphatic rings. The zero-order valence-corrected chi connectivity index (χ0v) is 9.67. The molecule has 1 aliphatic heterocycles. The molecule has 0 bridgehead atoms. The minimum atomic E-state index is 0.262. The third kappa shape index (κ3) is 2.65. The van der Waals surface area contributed by atoms with Gasteiger partial charge in [0.15, 0.2) is 5.82 Å². The highest BCUT2D eigenvalue weighted by Crippen LogP contribution is 2.14. The van der Waals surface area contributed by atoms with Crippen molar-refractivity contribution in [3.05, 3.63) is 18.1 Å². The lowest BCUT2D eigenvalue weighted by molar-refractivity contribution is 0.187. The molecule has 0 aromatic carbocycles. The van der Waals surface area contributed by atoms with Crippen molar-refractivity contribution in [2.75, 3.05) is 25.1 Å². The van der Waals surface area contributed by atoms with E-state index in [1.165, 1.54) is 0 Å². The molecule has 3 N–H and O–H groups in total. The number of nitrogens with zero attached hydrogens (tertiary/aromatic N) is 2. The average Bonchev–Trinajstić information content (AvgIpc) is 2.79. The van der Waals surface area contributed by atoms with Crippen molar-refractivity contribution in [1.29, 1.82) is 0 Å². The van der Waals surface area contributed by atoms with Gasteiger partial charge in [-0.25, -0.2) is 9.97 Å². The summed E-state index contributed by atoms with van der Waals surface area (Å²) in [5, 5.41) is 3.22. The minimum Gasteiger partial charge on any atom is -0.388 e. The second kappa shape index (κ2) is 5.18. The maximum atomic E-state index is 5.56. The van der Waals surface area contributed by atoms with Gasteiger partial charge < -0.3 is 15.8 Å². The van der Waals surface area contributed by atoms with Crippen LogP contribution in [-0.4, -0.2) is 34.7 Å². The molecule has 1 fully saturated rings. The molecule has 0 amide bonds. The number of hydrogen-bond acceptors (Lipinski definition) is 5. The molecular formula is C10H14N4OS. The van der Waals surface area contributed by atoms with Gasteiger partial charge in [-0.1, -0.05) is 12.2 Å². The van der Waals surface area contributed by atoms with Crippen LogP contribution < -0.4 is 11.1 Å². The molecule has 1 unspecified atom stereocenters. The van der Waals surface area contributed by atoms with Gasteiger partial charge in [0.05, 0.1) is 6.61 Å². The average molecular weight is 238 g/mol. The summed E-state index contributed by atoms with van der Waals surface area (Å²) in [6.07, 6.45) is 4.28. The maximum absolute atomic E-state index is 5.56. The van der Waals surface area contributed by atoms with E-state index in [2.05, 4.69) is 15.3 Å². The van der Waals surface area contributed by atoms with Gasteiger partial charge in [0.2, 0.25) is 0 Å². The Labute approximate surface area is 99.4 Å². The summed E-state index contributed by atoms with van der Waals surface area (Å²) in [7, 11) is 0. The van der Waals surface area contributed by atoms with Crippen LogP contribution in [0.3, 0.4) is 0 Å². The van der Waals surface area contributed by atoms with E-state index in [-0.39, 0.29) is 4.99 Å². The molecule has 6 heteroatoms. The van der Waals surface area contributed by atoms with Crippen LogP contribution >= 0.6 is 12.2 Å². The fourth-order valence-electron chi connectivity index (χ4n) is 1.63. The Morgan fingerprint density at radius 2 is 2.38 bits per heavy atom. The summed E-state index contributed by atoms with van der Waals surface area (Å²) in [6, 6.07) is 0. The van der Waals surface area contributed by atoms with Crippen LogP contribution in [0, 0.1) is 5.92 Å². The van der Waals surface area contributed by atoms with Crippen LogP contribution in [-0.2, 0) is 4.74 Å². The predicted octanol–water partition coefficient (Wildman–Crippen LogP) is 0.559. The van der Waals surface area contributed by atoms with Crippen molar-refractivity contribution in [3.63, 3.8) is 0 Å². The summed E-state index contributed by atoms with van der Waals surface area (Å²) in [6.45, 7) is 2.46. The first-order valence-corrected chi connectivity index (χ1v) is 5.60. The van der Waals surface area contributed by atoms with E-state index in [1.807, 2.05) is 0 Å². The van der Waals surface area contributed by atoms with Gasteiger partial charge in [-0.2, -0.15) is 0 Å². The Morgan fingerprint density at radius 3 is 3.06 bits per heavy atom. The van der Waals surface area contributed by atoms with E-state index in [0.717, 1.165) is 26.2 Å². The summed E-state index contributed by atoms with van der Waals surface area (Å²) < 4.78 is 5.30. The number of thiocarbonyl (C=S) groups is 1. The van der Waals surface area contributed by atoms with Crippen LogP contribution in [0.2, 0.25) is 0 Å². The lowest BCUT2D eigenvalue weighted by atomic mass is 10.1. The van der Waals surface area contributed by atoms with Crippen molar-refractivity contribution < 1.29 is 4.74 Å². The maximum Gasteiger partial charge on any atom is 0.155 e. The second-order valence-corrected chi connectivity index (χ2v) is 4.17. The molecule has 0 radical (unpaired) electrons. The second-order valence-electron chi connectivity index (χ2n) is 3.73. The number of aromatic nitrogens is 2. The van der Waals surface area contributed by atoms with Gasteiger partial charge in [0.1, 0.15) is 10.7 Å². The highest BCUT2D eigenvalue weighted by Gasteiger charge is 2.16. The smallest absolute Gasteiger partial charge is 0.155 e. The zero-order chi connectivity index (χ0) is 11.4. The van der Waals surface area contributed by atoms with Crippen LogP contribution in [0.4, 0.5) is 5.82 Å². The first kappa shape index (κ1) is 11.2. The first-order valence-electron chi connectivity index (χ1n) is 5.20. The SMILES string of the molecule is NC(=S)c1nccnc1NCC1CCOC1. The third-order valence-electron chi connectivity index (χ3n) is 2.51. The molecule has 86 valence electrons. The molecule has 2 heterocycles. The van der Waals surface area contributed by atoms with E-state index in [0.29, 0.717) is 17.4 Å². The monoisotopic (exact) mass is 238 g/mol. The minimum absolute atomic E-state index is 0.262. The molecule has 5 nitrogen and oxygen atoms in total. The third-order valence-corrected chi connectivity index (χ3v) is 2.71. The predicted molar refractivity (Wildman–Crippen MR) is 65.3 cm³/mol. The first-order chi connectivity index (χ1) is 7.77. The van der Waals surface area contributed by atoms with Gasteiger partial charge >= 0.3 is 0 Å². The quantitative estimate of drug-likeness (QED) is 0.747. The van der Waals surface area contributed by atoms with Crippen LogP contribution in [0.1, 0.15) is 12.1 Å². The Balaban J connectivity index is 2.00. The van der Waals surface area contributed by atoms with Crippen molar-refractivity contribution in [3.8, 4) is 0 Å². The number of hydrogen-bond donors (Lipinski definition) is 2. The highest BCUT2D eigenvalue weighted by atomic mass is 32.1. The Morgan fingerprint density at radius 1 is 1.56 bits per heavy atom. The largest absolute Gasteiger partial charge is 0.388 e. The molecular weight excluding hydrogens is 224 g/mol. The van der Waals surface area contributed by atoms with Gasteiger partial charge in [0, 0.05) is 31.5 Å². The van der Waals surface area contributed by atoms with Crippen LogP contribution in [0.25, 0.3) is 0 Å². The Kier molecular flexibility index (Phi) is 3.63. The number of ether oxygens (including phenoxy) is 1. The Hall–Kier alpha value is -1.27. The molecule has 0 aliphatic carbocycles. The summed E-state index contributed by atoms with van der Waals surface area (Å²) in [5.41, 5.74) is 6.11. The van der Waals surface area contributed by atoms with Gasteiger partial charge in [0.25, 0.3) is 0 Å². The van der Waals surface area contributed by atoms with E-state index in [9.17, 15) is 0 Å². The number of rotatable bonds is 4. The topological polar surface area (TPSA) is 73.1 Å². The van der Waals surface area contributed by atoms with Gasteiger partial charge in [-0.3, -0.25) is 0 Å². The number of nitrogens with two attached hydrogens (primary N) is 1. The van der Waals surface area contributed by atoms with Crippen molar-refractivity contribution in [1.82, 2.24) is 9.97 Å². The lowest BCUT2D eigenvalue weighted by Crippen LogP contribution is -2.20. The molecule has 0 saturated carbocycles. The molecule has 1 saturated heterocycles. The van der Waals surface area contributed by atoms with E-state index in [4.69, 9.17) is 22.7 Å². The highest BCUT2D eigenvalue weighted by molar-refractivity contribution is 7.80. The van der Waals surface area contributed by atoms with E-state index in [1.54, 1.807) is 12.4 Å². The molecule has 0 spiro atoms. The molecule has 16 heavy (non-hydrogen) atoms. The summed E-state index contributed by atoms with van der Waals surface area (Å²) >= 11 is 4.91. The normalized spacial score (nSPS) is 19.6. The van der Waals surface area contributed by atoms with E-state index < -0.39 is 0 Å². The fraction of sp³-hybridized carbons (Fsp3) is 0.500. The standard InChI is InChI=1S/C10H14N4OS/c11-9(16)8-10(13-3-2-12-8)14-5-7-1-4-15-6-7/h2-3,7H,1,4-6H2,(H2,11,16)(H,13,14). The van der Waals surface area contributed by atoms with Gasteiger partial charge in [-0.15, -0.1) is 0 Å². The molecule has 1 aromatic rings. The number of nitrogens with one attached hydrogen (secondary N) is 1. The molecule has 2 rings (SSSR count).